The monoisotopic (exact) mass is 420 g/mol. The number of aryl methyl sites for hydroxylation is 3. The van der Waals surface area contributed by atoms with Crippen molar-refractivity contribution in [1.82, 2.24) is 23.9 Å². The SMILES string of the molecule is Cn1ccc(S(=O)(=O)Nc2ccnc3c2c(-c2ccc4ccn(C)c4c2)cn3C)n1. The van der Waals surface area contributed by atoms with Crippen molar-refractivity contribution in [1.29, 1.82) is 0 Å². The lowest BCUT2D eigenvalue weighted by Gasteiger charge is -2.09. The maximum absolute atomic E-state index is 12.9. The lowest BCUT2D eigenvalue weighted by atomic mass is 10.0. The molecule has 0 radical (unpaired) electrons. The predicted molar refractivity (Wildman–Crippen MR) is 117 cm³/mol. The van der Waals surface area contributed by atoms with Crippen LogP contribution in [-0.4, -0.2) is 32.3 Å². The topological polar surface area (TPSA) is 86.7 Å². The molecule has 9 heteroatoms. The summed E-state index contributed by atoms with van der Waals surface area (Å²) in [4.78, 5) is 4.47. The standard InChI is InChI=1S/C21H20N6O2S/c1-25-10-7-14-4-5-15(12-18(14)25)16-13-26(2)21-20(16)17(6-9-22-21)24-30(28,29)19-8-11-27(3)23-19/h4-13H,1-3H3,(H,22,24). The number of sulfonamides is 1. The number of rotatable bonds is 4. The van der Waals surface area contributed by atoms with Gasteiger partial charge in [0, 0.05) is 57.0 Å². The number of hydrogen-bond acceptors (Lipinski definition) is 4. The number of nitrogens with one attached hydrogen (secondary N) is 1. The van der Waals surface area contributed by atoms with Gasteiger partial charge in [-0.15, -0.1) is 0 Å². The fourth-order valence-corrected chi connectivity index (χ4v) is 4.81. The number of anilines is 1. The molecule has 0 aliphatic rings. The Kier molecular flexibility index (Phi) is 3.97. The van der Waals surface area contributed by atoms with Crippen LogP contribution in [0.3, 0.4) is 0 Å². The van der Waals surface area contributed by atoms with Gasteiger partial charge in [0.05, 0.1) is 11.1 Å². The number of benzene rings is 1. The molecule has 8 nitrogen and oxygen atoms in total. The molecule has 0 saturated carbocycles. The Morgan fingerprint density at radius 2 is 1.80 bits per heavy atom. The maximum atomic E-state index is 12.9. The van der Waals surface area contributed by atoms with Gasteiger partial charge >= 0.3 is 0 Å². The van der Waals surface area contributed by atoms with E-state index in [-0.39, 0.29) is 5.03 Å². The largest absolute Gasteiger partial charge is 0.351 e. The molecule has 1 N–H and O–H groups in total. The van der Waals surface area contributed by atoms with Gasteiger partial charge < -0.3 is 9.13 Å². The second-order valence-corrected chi connectivity index (χ2v) is 8.97. The fourth-order valence-electron chi connectivity index (χ4n) is 3.77. The number of fused-ring (bicyclic) bond motifs is 2. The van der Waals surface area contributed by atoms with Gasteiger partial charge in [-0.25, -0.2) is 4.98 Å². The smallest absolute Gasteiger partial charge is 0.281 e. The Hall–Kier alpha value is -3.59. The third-order valence-electron chi connectivity index (χ3n) is 5.27. The van der Waals surface area contributed by atoms with Crippen LogP contribution in [0.2, 0.25) is 0 Å². The first kappa shape index (κ1) is 18.4. The molecule has 5 rings (SSSR count). The molecule has 0 saturated heterocycles. The zero-order valence-electron chi connectivity index (χ0n) is 16.7. The van der Waals surface area contributed by atoms with Crippen LogP contribution in [0, 0.1) is 0 Å². The molecular formula is C21H20N6O2S. The molecule has 5 aromatic rings. The van der Waals surface area contributed by atoms with Gasteiger partial charge in [-0.05, 0) is 35.2 Å². The number of pyridine rings is 1. The van der Waals surface area contributed by atoms with E-state index in [2.05, 4.69) is 37.6 Å². The van der Waals surface area contributed by atoms with E-state index in [4.69, 9.17) is 0 Å². The molecule has 152 valence electrons. The summed E-state index contributed by atoms with van der Waals surface area (Å²) < 4.78 is 33.9. The van der Waals surface area contributed by atoms with Crippen molar-refractivity contribution < 1.29 is 8.42 Å². The molecule has 0 aliphatic carbocycles. The molecule has 0 spiro atoms. The van der Waals surface area contributed by atoms with E-state index in [0.29, 0.717) is 11.3 Å². The summed E-state index contributed by atoms with van der Waals surface area (Å²) >= 11 is 0. The van der Waals surface area contributed by atoms with Gasteiger partial charge in [0.1, 0.15) is 5.65 Å². The number of nitrogens with zero attached hydrogens (tertiary/aromatic N) is 5. The summed E-state index contributed by atoms with van der Waals surface area (Å²) in [5, 5.41) is 5.89. The van der Waals surface area contributed by atoms with Crippen LogP contribution in [0.4, 0.5) is 5.69 Å². The Labute approximate surface area is 173 Å². The van der Waals surface area contributed by atoms with Gasteiger partial charge in [0.2, 0.25) is 0 Å². The first-order valence-electron chi connectivity index (χ1n) is 9.35. The predicted octanol–water partition coefficient (Wildman–Crippen LogP) is 3.27. The Morgan fingerprint density at radius 3 is 2.57 bits per heavy atom. The quantitative estimate of drug-likeness (QED) is 0.483. The molecule has 0 atom stereocenters. The van der Waals surface area contributed by atoms with Crippen molar-refractivity contribution in [2.24, 2.45) is 21.1 Å². The second kappa shape index (κ2) is 6.46. The Bertz CT molecular complexity index is 1520. The summed E-state index contributed by atoms with van der Waals surface area (Å²) in [6.07, 6.45) is 7.19. The normalized spacial score (nSPS) is 12.1. The van der Waals surface area contributed by atoms with E-state index in [1.165, 1.54) is 10.7 Å². The van der Waals surface area contributed by atoms with Gasteiger partial charge in [-0.2, -0.15) is 13.5 Å². The highest BCUT2D eigenvalue weighted by Gasteiger charge is 2.21. The van der Waals surface area contributed by atoms with Crippen LogP contribution in [0.1, 0.15) is 0 Å². The van der Waals surface area contributed by atoms with Crippen molar-refractivity contribution >= 4 is 37.6 Å². The molecule has 0 amide bonds. The summed E-state index contributed by atoms with van der Waals surface area (Å²) in [6.45, 7) is 0. The first-order valence-corrected chi connectivity index (χ1v) is 10.8. The van der Waals surface area contributed by atoms with Crippen LogP contribution in [0.5, 0.6) is 0 Å². The molecule has 4 heterocycles. The second-order valence-electron chi connectivity index (χ2n) is 7.34. The number of aromatic nitrogens is 5. The molecule has 30 heavy (non-hydrogen) atoms. The fraction of sp³-hybridized carbons (Fsp3) is 0.143. The minimum absolute atomic E-state index is 0.0299. The summed E-state index contributed by atoms with van der Waals surface area (Å²) in [7, 11) is 1.75. The van der Waals surface area contributed by atoms with Crippen LogP contribution in [0.15, 0.2) is 66.2 Å². The van der Waals surface area contributed by atoms with Gasteiger partial charge in [0.15, 0.2) is 5.03 Å². The minimum atomic E-state index is -3.83. The van der Waals surface area contributed by atoms with E-state index in [1.54, 1.807) is 25.5 Å². The maximum Gasteiger partial charge on any atom is 0.281 e. The van der Waals surface area contributed by atoms with Gasteiger partial charge in [-0.3, -0.25) is 9.40 Å². The van der Waals surface area contributed by atoms with E-state index in [0.717, 1.165) is 27.4 Å². The molecular weight excluding hydrogens is 400 g/mol. The summed E-state index contributed by atoms with van der Waals surface area (Å²) in [6, 6.07) is 11.4. The summed E-state index contributed by atoms with van der Waals surface area (Å²) in [5.41, 5.74) is 4.15. The molecule has 4 aromatic heterocycles. The average Bonchev–Trinajstić information content (AvgIpc) is 3.40. The van der Waals surface area contributed by atoms with E-state index < -0.39 is 10.0 Å². The highest BCUT2D eigenvalue weighted by molar-refractivity contribution is 7.92. The lowest BCUT2D eigenvalue weighted by Crippen LogP contribution is -2.14. The number of hydrogen-bond donors (Lipinski definition) is 1. The van der Waals surface area contributed by atoms with Crippen molar-refractivity contribution in [2.75, 3.05) is 4.72 Å². The van der Waals surface area contributed by atoms with Crippen molar-refractivity contribution in [3.63, 3.8) is 0 Å². The molecule has 1 aromatic carbocycles. The highest BCUT2D eigenvalue weighted by atomic mass is 32.2. The molecule has 0 bridgehead atoms. The third kappa shape index (κ3) is 2.86. The van der Waals surface area contributed by atoms with Crippen LogP contribution >= 0.6 is 0 Å². The van der Waals surface area contributed by atoms with Crippen LogP contribution in [0.25, 0.3) is 33.1 Å². The third-order valence-corrected chi connectivity index (χ3v) is 6.52. The minimum Gasteiger partial charge on any atom is -0.351 e. The lowest BCUT2D eigenvalue weighted by molar-refractivity contribution is 0.593. The molecule has 0 fully saturated rings. The van der Waals surface area contributed by atoms with E-state index >= 15 is 0 Å². The van der Waals surface area contributed by atoms with Crippen molar-refractivity contribution in [2.45, 2.75) is 5.03 Å². The zero-order chi connectivity index (χ0) is 21.0. The molecule has 0 unspecified atom stereocenters. The molecule has 0 aliphatic heterocycles. The van der Waals surface area contributed by atoms with Gasteiger partial charge in [0.25, 0.3) is 10.0 Å². The van der Waals surface area contributed by atoms with E-state index in [1.807, 2.05) is 37.1 Å². The zero-order valence-corrected chi connectivity index (χ0v) is 17.6. The Balaban J connectivity index is 1.69. The van der Waals surface area contributed by atoms with Crippen LogP contribution < -0.4 is 4.72 Å². The highest BCUT2D eigenvalue weighted by Crippen LogP contribution is 2.36. The van der Waals surface area contributed by atoms with Crippen molar-refractivity contribution in [3.8, 4) is 11.1 Å². The van der Waals surface area contributed by atoms with Gasteiger partial charge in [-0.1, -0.05) is 12.1 Å². The average molecular weight is 420 g/mol. The van der Waals surface area contributed by atoms with Crippen LogP contribution in [-0.2, 0) is 31.2 Å². The first-order chi connectivity index (χ1) is 14.3. The summed E-state index contributed by atoms with van der Waals surface area (Å²) in [5.74, 6) is 0. The Morgan fingerprint density at radius 1 is 0.967 bits per heavy atom. The van der Waals surface area contributed by atoms with E-state index in [9.17, 15) is 8.42 Å². The van der Waals surface area contributed by atoms with Crippen molar-refractivity contribution in [3.05, 3.63) is 61.2 Å².